The Labute approximate surface area is 205 Å². The zero-order valence-electron chi connectivity index (χ0n) is 19.8. The van der Waals surface area contributed by atoms with Crippen LogP contribution in [0, 0.1) is 0 Å². The maximum absolute atomic E-state index is 12.7. The summed E-state index contributed by atoms with van der Waals surface area (Å²) in [7, 11) is 0. The Hall–Kier alpha value is -3.26. The van der Waals surface area contributed by atoms with E-state index < -0.39 is 5.60 Å². The van der Waals surface area contributed by atoms with Gasteiger partial charge < -0.3 is 25.2 Å². The lowest BCUT2D eigenvalue weighted by Crippen LogP contribution is -2.51. The highest BCUT2D eigenvalue weighted by Crippen LogP contribution is 2.15. The largest absolute Gasteiger partial charge is 0.444 e. The predicted molar refractivity (Wildman–Crippen MR) is 132 cm³/mol. The van der Waals surface area contributed by atoms with Crippen molar-refractivity contribution in [1.82, 2.24) is 15.1 Å². The Morgan fingerprint density at radius 3 is 2.03 bits per heavy atom. The van der Waals surface area contributed by atoms with Gasteiger partial charge in [-0.3, -0.25) is 4.79 Å². The van der Waals surface area contributed by atoms with E-state index in [1.165, 1.54) is 0 Å². The molecule has 0 atom stereocenters. The van der Waals surface area contributed by atoms with Crippen molar-refractivity contribution >= 4 is 35.3 Å². The van der Waals surface area contributed by atoms with Crippen molar-refractivity contribution in [3.63, 3.8) is 0 Å². The molecule has 0 bridgehead atoms. The van der Waals surface area contributed by atoms with Gasteiger partial charge in [0.2, 0.25) is 5.91 Å². The van der Waals surface area contributed by atoms with Crippen molar-refractivity contribution in [1.29, 1.82) is 0 Å². The average Bonchev–Trinajstić information content (AvgIpc) is 2.79. The SMILES string of the molecule is CC(C)(C)OC(=O)N1CCN(C(=O)Cc2ccc(NC(=O)NCc3ccc(Cl)cc3)cc2)CC1. The molecule has 2 aromatic rings. The fraction of sp³-hybridized carbons (Fsp3) is 0.400. The number of hydrogen-bond donors (Lipinski definition) is 2. The molecule has 2 aromatic carbocycles. The molecule has 1 heterocycles. The van der Waals surface area contributed by atoms with Gasteiger partial charge in [0.1, 0.15) is 5.60 Å². The second-order valence-corrected chi connectivity index (χ2v) is 9.59. The Bertz CT molecular complexity index is 995. The first kappa shape index (κ1) is 25.4. The molecule has 0 unspecified atom stereocenters. The third-order valence-electron chi connectivity index (χ3n) is 5.22. The summed E-state index contributed by atoms with van der Waals surface area (Å²) in [5.74, 6) is 0.00487. The molecule has 182 valence electrons. The summed E-state index contributed by atoms with van der Waals surface area (Å²) in [6.45, 7) is 7.75. The van der Waals surface area contributed by atoms with E-state index in [-0.39, 0.29) is 24.5 Å². The smallest absolute Gasteiger partial charge is 0.410 e. The first-order valence-corrected chi connectivity index (χ1v) is 11.6. The highest BCUT2D eigenvalue weighted by atomic mass is 35.5. The Morgan fingerprint density at radius 1 is 0.882 bits per heavy atom. The van der Waals surface area contributed by atoms with Crippen LogP contribution in [0.1, 0.15) is 31.9 Å². The van der Waals surface area contributed by atoms with Crippen molar-refractivity contribution in [2.75, 3.05) is 31.5 Å². The number of ether oxygens (including phenoxy) is 1. The molecule has 1 saturated heterocycles. The normalized spacial score (nSPS) is 13.9. The number of nitrogens with zero attached hydrogens (tertiary/aromatic N) is 2. The number of benzene rings is 2. The minimum absolute atomic E-state index is 0.00487. The third-order valence-corrected chi connectivity index (χ3v) is 5.47. The molecule has 1 fully saturated rings. The summed E-state index contributed by atoms with van der Waals surface area (Å²) in [5.41, 5.74) is 1.89. The lowest BCUT2D eigenvalue weighted by Gasteiger charge is -2.35. The zero-order chi connectivity index (χ0) is 24.7. The van der Waals surface area contributed by atoms with Crippen LogP contribution in [-0.4, -0.2) is 59.6 Å². The van der Waals surface area contributed by atoms with Crippen LogP contribution >= 0.6 is 11.6 Å². The first-order chi connectivity index (χ1) is 16.1. The van der Waals surface area contributed by atoms with Crippen LogP contribution in [0.2, 0.25) is 5.02 Å². The van der Waals surface area contributed by atoms with Crippen molar-refractivity contribution in [3.05, 3.63) is 64.7 Å². The number of anilines is 1. The molecule has 34 heavy (non-hydrogen) atoms. The molecule has 1 aliphatic heterocycles. The summed E-state index contributed by atoms with van der Waals surface area (Å²) in [4.78, 5) is 40.4. The van der Waals surface area contributed by atoms with E-state index in [4.69, 9.17) is 16.3 Å². The van der Waals surface area contributed by atoms with Gasteiger partial charge in [-0.2, -0.15) is 0 Å². The fourth-order valence-electron chi connectivity index (χ4n) is 3.42. The minimum Gasteiger partial charge on any atom is -0.444 e. The van der Waals surface area contributed by atoms with Gasteiger partial charge in [0.05, 0.1) is 6.42 Å². The molecule has 4 amide bonds. The topological polar surface area (TPSA) is 91.0 Å². The molecule has 0 saturated carbocycles. The van der Waals surface area contributed by atoms with Crippen molar-refractivity contribution in [2.24, 2.45) is 0 Å². The van der Waals surface area contributed by atoms with E-state index in [1.54, 1.807) is 34.1 Å². The lowest BCUT2D eigenvalue weighted by atomic mass is 10.1. The van der Waals surface area contributed by atoms with E-state index in [1.807, 2.05) is 45.0 Å². The molecule has 0 radical (unpaired) electrons. The Balaban J connectivity index is 1.41. The number of carbonyl (C=O) groups excluding carboxylic acids is 3. The predicted octanol–water partition coefficient (Wildman–Crippen LogP) is 4.28. The lowest BCUT2D eigenvalue weighted by molar-refractivity contribution is -0.132. The van der Waals surface area contributed by atoms with Crippen LogP contribution in [0.25, 0.3) is 0 Å². The molecule has 1 aliphatic rings. The van der Waals surface area contributed by atoms with E-state index in [0.29, 0.717) is 43.4 Å². The quantitative estimate of drug-likeness (QED) is 0.659. The number of amides is 4. The maximum Gasteiger partial charge on any atom is 0.410 e. The van der Waals surface area contributed by atoms with E-state index >= 15 is 0 Å². The first-order valence-electron chi connectivity index (χ1n) is 11.2. The number of carbonyl (C=O) groups is 3. The number of rotatable bonds is 5. The van der Waals surface area contributed by atoms with Crippen LogP contribution in [0.15, 0.2) is 48.5 Å². The van der Waals surface area contributed by atoms with E-state index in [0.717, 1.165) is 11.1 Å². The molecule has 3 rings (SSSR count). The van der Waals surface area contributed by atoms with Crippen LogP contribution in [0.4, 0.5) is 15.3 Å². The number of piperazine rings is 1. The van der Waals surface area contributed by atoms with Gasteiger partial charge in [-0.25, -0.2) is 9.59 Å². The fourth-order valence-corrected chi connectivity index (χ4v) is 3.54. The summed E-state index contributed by atoms with van der Waals surface area (Å²) >= 11 is 5.86. The summed E-state index contributed by atoms with van der Waals surface area (Å²) in [5, 5.41) is 6.22. The molecular formula is C25H31ClN4O4. The van der Waals surface area contributed by atoms with Gasteiger partial charge in [0, 0.05) is 43.4 Å². The van der Waals surface area contributed by atoms with Gasteiger partial charge >= 0.3 is 12.1 Å². The molecule has 2 N–H and O–H groups in total. The number of nitrogens with one attached hydrogen (secondary N) is 2. The summed E-state index contributed by atoms with van der Waals surface area (Å²) in [6, 6.07) is 14.1. The van der Waals surface area contributed by atoms with Gasteiger partial charge in [-0.1, -0.05) is 35.9 Å². The second kappa shape index (κ2) is 11.2. The molecular weight excluding hydrogens is 456 g/mol. The van der Waals surface area contributed by atoms with Crippen LogP contribution in [-0.2, 0) is 22.5 Å². The maximum atomic E-state index is 12.7. The van der Waals surface area contributed by atoms with Crippen molar-refractivity contribution < 1.29 is 19.1 Å². The second-order valence-electron chi connectivity index (χ2n) is 9.16. The molecule has 0 aliphatic carbocycles. The van der Waals surface area contributed by atoms with E-state index in [2.05, 4.69) is 10.6 Å². The number of urea groups is 1. The monoisotopic (exact) mass is 486 g/mol. The number of halogens is 1. The van der Waals surface area contributed by atoms with Crippen molar-refractivity contribution in [2.45, 2.75) is 39.3 Å². The van der Waals surface area contributed by atoms with Gasteiger partial charge in [-0.05, 0) is 56.2 Å². The van der Waals surface area contributed by atoms with Crippen LogP contribution in [0.3, 0.4) is 0 Å². The molecule has 9 heteroatoms. The van der Waals surface area contributed by atoms with Gasteiger partial charge in [0.15, 0.2) is 0 Å². The third kappa shape index (κ3) is 7.95. The summed E-state index contributed by atoms with van der Waals surface area (Å²) < 4.78 is 5.39. The Morgan fingerprint density at radius 2 is 1.44 bits per heavy atom. The Kier molecular flexibility index (Phi) is 8.39. The highest BCUT2D eigenvalue weighted by molar-refractivity contribution is 6.30. The highest BCUT2D eigenvalue weighted by Gasteiger charge is 2.27. The number of hydrogen-bond acceptors (Lipinski definition) is 4. The average molecular weight is 487 g/mol. The molecule has 0 spiro atoms. The molecule has 0 aromatic heterocycles. The van der Waals surface area contributed by atoms with E-state index in [9.17, 15) is 14.4 Å². The van der Waals surface area contributed by atoms with Gasteiger partial charge in [0.25, 0.3) is 0 Å². The summed E-state index contributed by atoms with van der Waals surface area (Å²) in [6.07, 6.45) is -0.0879. The molecule has 8 nitrogen and oxygen atoms in total. The minimum atomic E-state index is -0.539. The van der Waals surface area contributed by atoms with Crippen molar-refractivity contribution in [3.8, 4) is 0 Å². The standard InChI is InChI=1S/C25H31ClN4O4/c1-25(2,3)34-24(33)30-14-12-29(13-15-30)22(31)16-18-6-10-21(11-7-18)28-23(32)27-17-19-4-8-20(26)9-5-19/h4-11H,12-17H2,1-3H3,(H2,27,28,32). The van der Waals surface area contributed by atoms with Crippen LogP contribution in [0.5, 0.6) is 0 Å². The zero-order valence-corrected chi connectivity index (χ0v) is 20.5. The van der Waals surface area contributed by atoms with Gasteiger partial charge in [-0.15, -0.1) is 0 Å². The van der Waals surface area contributed by atoms with Crippen LogP contribution < -0.4 is 10.6 Å².